The van der Waals surface area contributed by atoms with E-state index in [1.54, 1.807) is 0 Å². The number of hydrogen-bond acceptors (Lipinski definition) is 10. The Morgan fingerprint density at radius 2 is 0.679 bits per heavy atom. The lowest BCUT2D eigenvalue weighted by atomic mass is 10.0. The summed E-state index contributed by atoms with van der Waals surface area (Å²) < 4.78 is 39.6. The molecule has 0 amide bonds. The highest BCUT2D eigenvalue weighted by Gasteiger charge is 2.28. The third kappa shape index (κ3) is 57.3. The van der Waals surface area contributed by atoms with Gasteiger partial charge in [0.2, 0.25) is 0 Å². The Morgan fingerprint density at radius 3 is 1.09 bits per heavy atom. The van der Waals surface area contributed by atoms with Gasteiger partial charge in [-0.3, -0.25) is 23.4 Å². The van der Waals surface area contributed by atoms with Crippen molar-refractivity contribution in [3.63, 3.8) is 0 Å². The van der Waals surface area contributed by atoms with Crippen LogP contribution in [0.15, 0.2) is 85.1 Å². The summed E-state index contributed by atoms with van der Waals surface area (Å²) >= 11 is 0. The zero-order valence-electron chi connectivity index (χ0n) is 49.9. The van der Waals surface area contributed by atoms with E-state index in [-0.39, 0.29) is 25.9 Å². The van der Waals surface area contributed by atoms with Crippen molar-refractivity contribution < 1.29 is 52.2 Å². The standard InChI is InChI=1S/C66H115O11P/c1-4-7-10-13-16-19-22-25-28-31-34-37-40-43-46-49-52-55-64(68)73-59-63(77-66(70)57-54-51-48-45-42-39-36-33-30-27-24-21-18-15-12-9-6-3)61-75-78(71,72)74-60-62(58-67)76-65(69)56-53-50-47-44-41-38-35-32-29-26-23-20-17-14-11-8-5-2/h7,10,16,18-19,21,25,27-28,30,34,37,43,46,62-63,67H,4-6,8-9,11-15,17,20,22-24,26,29,31-33,35-36,38-42,44-45,47-61H2,1-3H3,(H,71,72)/b10-7-,19-16-,21-18-,28-25-,30-27-,37-34-,46-43-. The summed E-state index contributed by atoms with van der Waals surface area (Å²) in [5.74, 6) is -1.54. The van der Waals surface area contributed by atoms with Gasteiger partial charge in [0, 0.05) is 19.3 Å². The molecule has 450 valence electrons. The maximum absolute atomic E-state index is 12.9. The number of phosphoric acid groups is 1. The van der Waals surface area contributed by atoms with E-state index in [1.165, 1.54) is 122 Å². The molecule has 0 rings (SSSR count). The third-order valence-corrected chi connectivity index (χ3v) is 14.3. The minimum atomic E-state index is -4.77. The fourth-order valence-electron chi connectivity index (χ4n) is 8.54. The Kier molecular flexibility index (Phi) is 57.2. The first kappa shape index (κ1) is 74.7. The summed E-state index contributed by atoms with van der Waals surface area (Å²) in [5.41, 5.74) is 0. The summed E-state index contributed by atoms with van der Waals surface area (Å²) in [7, 11) is -4.77. The first-order chi connectivity index (χ1) is 38.2. The van der Waals surface area contributed by atoms with Gasteiger partial charge in [0.05, 0.1) is 19.8 Å². The molecule has 0 aromatic carbocycles. The number of rotatable bonds is 58. The number of unbranched alkanes of at least 4 members (excludes halogenated alkanes) is 27. The summed E-state index contributed by atoms with van der Waals surface area (Å²) in [6, 6.07) is 0. The molecule has 78 heavy (non-hydrogen) atoms. The van der Waals surface area contributed by atoms with Crippen LogP contribution < -0.4 is 0 Å². The van der Waals surface area contributed by atoms with Gasteiger partial charge in [-0.1, -0.05) is 254 Å². The number of aliphatic hydroxyl groups is 1. The van der Waals surface area contributed by atoms with Crippen LogP contribution in [0.1, 0.15) is 278 Å². The molecular weight excluding hydrogens is 1000 g/mol. The number of carbonyl (C=O) groups is 3. The van der Waals surface area contributed by atoms with Gasteiger partial charge in [0.1, 0.15) is 12.7 Å². The fraction of sp³-hybridized carbons (Fsp3) is 0.742. The number of aliphatic hydroxyl groups excluding tert-OH is 1. The highest BCUT2D eigenvalue weighted by Crippen LogP contribution is 2.43. The Hall–Kier alpha value is -3.34. The molecule has 0 radical (unpaired) electrons. The average molecular weight is 1120 g/mol. The van der Waals surface area contributed by atoms with Crippen LogP contribution in [0.3, 0.4) is 0 Å². The molecule has 0 aliphatic rings. The van der Waals surface area contributed by atoms with Gasteiger partial charge in [0.25, 0.3) is 0 Å². The summed E-state index contributed by atoms with van der Waals surface area (Å²) in [6.07, 6.45) is 69.7. The van der Waals surface area contributed by atoms with Gasteiger partial charge in [0.15, 0.2) is 6.10 Å². The maximum atomic E-state index is 12.9. The molecule has 0 fully saturated rings. The second-order valence-corrected chi connectivity index (χ2v) is 22.3. The van der Waals surface area contributed by atoms with E-state index in [0.29, 0.717) is 25.7 Å². The van der Waals surface area contributed by atoms with Crippen molar-refractivity contribution >= 4 is 25.7 Å². The SMILES string of the molecule is CC/C=C\C/C=C\C/C=C\C/C=C\C/C=C\CCCC(=O)OCC(COP(=O)(O)OCC(CO)OC(=O)CCCCCCCCCCCCCCCCCCC)OC(=O)CCCCCCCCC/C=C\C/C=C\CCCCC. The largest absolute Gasteiger partial charge is 0.472 e. The predicted octanol–water partition coefficient (Wildman–Crippen LogP) is 19.0. The molecule has 0 aromatic heterocycles. The fourth-order valence-corrected chi connectivity index (χ4v) is 9.32. The molecule has 2 N–H and O–H groups in total. The number of hydrogen-bond donors (Lipinski definition) is 2. The quantitative estimate of drug-likeness (QED) is 0.0197. The van der Waals surface area contributed by atoms with E-state index >= 15 is 0 Å². The van der Waals surface area contributed by atoms with Gasteiger partial charge in [-0.15, -0.1) is 0 Å². The van der Waals surface area contributed by atoms with Gasteiger partial charge < -0.3 is 24.2 Å². The van der Waals surface area contributed by atoms with E-state index in [2.05, 4.69) is 99.8 Å². The van der Waals surface area contributed by atoms with Crippen LogP contribution in [-0.2, 0) is 42.2 Å². The van der Waals surface area contributed by atoms with Crippen molar-refractivity contribution in [2.24, 2.45) is 0 Å². The Balaban J connectivity index is 4.76. The molecule has 0 spiro atoms. The van der Waals surface area contributed by atoms with Crippen molar-refractivity contribution in [1.82, 2.24) is 0 Å². The molecule has 0 saturated heterocycles. The van der Waals surface area contributed by atoms with Crippen LogP contribution in [0.25, 0.3) is 0 Å². The van der Waals surface area contributed by atoms with Crippen LogP contribution in [0, 0.1) is 0 Å². The Bertz CT molecular complexity index is 1630. The van der Waals surface area contributed by atoms with Gasteiger partial charge in [-0.25, -0.2) is 4.57 Å². The first-order valence-corrected chi connectivity index (χ1v) is 33.0. The molecule has 0 saturated carbocycles. The van der Waals surface area contributed by atoms with Gasteiger partial charge in [-0.2, -0.15) is 0 Å². The molecule has 0 heterocycles. The highest BCUT2D eigenvalue weighted by atomic mass is 31.2. The molecule has 11 nitrogen and oxygen atoms in total. The lowest BCUT2D eigenvalue weighted by Gasteiger charge is -2.21. The topological polar surface area (TPSA) is 155 Å². The van der Waals surface area contributed by atoms with Crippen LogP contribution in [0.5, 0.6) is 0 Å². The molecule has 3 atom stereocenters. The van der Waals surface area contributed by atoms with Gasteiger partial charge >= 0.3 is 25.7 Å². The number of ether oxygens (including phenoxy) is 3. The lowest BCUT2D eigenvalue weighted by Crippen LogP contribution is -2.30. The molecular formula is C66H115O11P. The lowest BCUT2D eigenvalue weighted by molar-refractivity contribution is -0.161. The molecule has 0 aliphatic carbocycles. The van der Waals surface area contributed by atoms with Crippen molar-refractivity contribution in [2.45, 2.75) is 290 Å². The molecule has 0 bridgehead atoms. The zero-order valence-corrected chi connectivity index (χ0v) is 50.8. The molecule has 3 unspecified atom stereocenters. The first-order valence-electron chi connectivity index (χ1n) is 31.5. The second-order valence-electron chi connectivity index (χ2n) is 20.8. The van der Waals surface area contributed by atoms with E-state index in [9.17, 15) is 28.9 Å². The monoisotopic (exact) mass is 1110 g/mol. The van der Waals surface area contributed by atoms with E-state index in [0.717, 1.165) is 89.9 Å². The summed E-state index contributed by atoms with van der Waals surface area (Å²) in [4.78, 5) is 48.7. The van der Waals surface area contributed by atoms with Crippen LogP contribution in [-0.4, -0.2) is 66.5 Å². The van der Waals surface area contributed by atoms with Crippen molar-refractivity contribution in [3.8, 4) is 0 Å². The smallest absolute Gasteiger partial charge is 0.462 e. The predicted molar refractivity (Wildman–Crippen MR) is 325 cm³/mol. The normalized spacial score (nSPS) is 13.9. The Labute approximate surface area is 477 Å². The highest BCUT2D eigenvalue weighted by molar-refractivity contribution is 7.47. The van der Waals surface area contributed by atoms with Crippen molar-refractivity contribution in [2.75, 3.05) is 26.4 Å². The maximum Gasteiger partial charge on any atom is 0.472 e. The number of carbonyl (C=O) groups excluding carboxylic acids is 3. The van der Waals surface area contributed by atoms with Crippen molar-refractivity contribution in [3.05, 3.63) is 85.1 Å². The number of esters is 3. The van der Waals surface area contributed by atoms with Crippen LogP contribution in [0.2, 0.25) is 0 Å². The number of phosphoric ester groups is 1. The minimum absolute atomic E-state index is 0.145. The summed E-state index contributed by atoms with van der Waals surface area (Å²) in [6.45, 7) is 4.47. The van der Waals surface area contributed by atoms with Crippen LogP contribution >= 0.6 is 7.82 Å². The number of allylic oxidation sites excluding steroid dienone is 14. The summed E-state index contributed by atoms with van der Waals surface area (Å²) in [5, 5.41) is 9.85. The van der Waals surface area contributed by atoms with E-state index in [4.69, 9.17) is 23.3 Å². The molecule has 12 heteroatoms. The molecule has 0 aromatic rings. The minimum Gasteiger partial charge on any atom is -0.462 e. The van der Waals surface area contributed by atoms with E-state index < -0.39 is 57.8 Å². The van der Waals surface area contributed by atoms with Crippen molar-refractivity contribution in [1.29, 1.82) is 0 Å². The second kappa shape index (κ2) is 59.8. The Morgan fingerprint density at radius 1 is 0.372 bits per heavy atom. The van der Waals surface area contributed by atoms with Gasteiger partial charge in [-0.05, 0) is 89.9 Å². The third-order valence-electron chi connectivity index (χ3n) is 13.3. The zero-order chi connectivity index (χ0) is 56.9. The average Bonchev–Trinajstić information content (AvgIpc) is 3.43. The van der Waals surface area contributed by atoms with Crippen LogP contribution in [0.4, 0.5) is 0 Å². The molecule has 0 aliphatic heterocycles. The van der Waals surface area contributed by atoms with E-state index in [1.807, 2.05) is 6.08 Å².